The van der Waals surface area contributed by atoms with Crippen LogP contribution >= 0.6 is 8.58 Å². The molecule has 4 heteroatoms. The molecule has 0 aliphatic carbocycles. The summed E-state index contributed by atoms with van der Waals surface area (Å²) in [7, 11) is 0.102. The fourth-order valence-electron chi connectivity index (χ4n) is 3.18. The Morgan fingerprint density at radius 3 is 1.86 bits per heavy atom. The van der Waals surface area contributed by atoms with E-state index in [2.05, 4.69) is 32.9 Å². The van der Waals surface area contributed by atoms with Gasteiger partial charge in [-0.15, -0.1) is 0 Å². The molecule has 0 fully saturated rings. The van der Waals surface area contributed by atoms with Crippen LogP contribution in [0.1, 0.15) is 47.8 Å². The van der Waals surface area contributed by atoms with Gasteiger partial charge in [-0.3, -0.25) is 4.79 Å². The van der Waals surface area contributed by atoms with Crippen molar-refractivity contribution in [1.29, 1.82) is 0 Å². The molecule has 29 heavy (non-hydrogen) atoms. The molecule has 0 heterocycles. The van der Waals surface area contributed by atoms with Crippen LogP contribution in [0.25, 0.3) is 0 Å². The summed E-state index contributed by atoms with van der Waals surface area (Å²) in [4.78, 5) is 13.0. The molecule has 0 saturated carbocycles. The molecule has 2 nitrogen and oxygen atoms in total. The summed E-state index contributed by atoms with van der Waals surface area (Å²) in [5.74, 6) is 1.58. The molecule has 0 bridgehead atoms. The Hall–Kier alpha value is -1.84. The Labute approximate surface area is 188 Å². The van der Waals surface area contributed by atoms with Crippen molar-refractivity contribution >= 4 is 38.3 Å². The summed E-state index contributed by atoms with van der Waals surface area (Å²) >= 11 is 0. The molecule has 1 atom stereocenters. The number of ether oxygens (including phenoxy) is 1. The van der Waals surface area contributed by atoms with Crippen molar-refractivity contribution in [3.8, 4) is 11.5 Å². The quantitative estimate of drug-likeness (QED) is 0.396. The zero-order chi connectivity index (χ0) is 20.3. The van der Waals surface area contributed by atoms with Crippen LogP contribution in [-0.4, -0.2) is 24.4 Å². The van der Waals surface area contributed by atoms with E-state index in [-0.39, 0.29) is 38.4 Å². The molecule has 0 N–H and O–H groups in total. The van der Waals surface area contributed by atoms with Gasteiger partial charge in [-0.05, 0) is 74.1 Å². The van der Waals surface area contributed by atoms with Gasteiger partial charge in [-0.25, -0.2) is 0 Å². The summed E-state index contributed by atoms with van der Waals surface area (Å²) in [6, 6.07) is 21.8. The van der Waals surface area contributed by atoms with E-state index in [0.29, 0.717) is 0 Å². The van der Waals surface area contributed by atoms with E-state index in [4.69, 9.17) is 4.74 Å². The molecule has 0 spiro atoms. The SMILES string of the molecule is Cc1cc(C(C)(C)C)cc(C)c1C(=O)Pc1ccc(Oc2ccccc2)cc1.[LiH]. The number of para-hydroxylation sites is 1. The first-order valence-corrected chi connectivity index (χ1v) is 10.5. The molecule has 0 amide bonds. The van der Waals surface area contributed by atoms with Crippen molar-refractivity contribution in [2.45, 2.75) is 40.0 Å². The van der Waals surface area contributed by atoms with Crippen LogP contribution in [0.3, 0.4) is 0 Å². The monoisotopic (exact) mass is 398 g/mol. The van der Waals surface area contributed by atoms with Gasteiger partial charge in [0.15, 0.2) is 5.52 Å². The first-order valence-electron chi connectivity index (χ1n) is 9.50. The molecular weight excluding hydrogens is 370 g/mol. The van der Waals surface area contributed by atoms with Crippen LogP contribution in [0, 0.1) is 13.8 Å². The topological polar surface area (TPSA) is 26.3 Å². The maximum absolute atomic E-state index is 13.0. The summed E-state index contributed by atoms with van der Waals surface area (Å²) in [6.07, 6.45) is 0. The third kappa shape index (κ3) is 6.07. The maximum atomic E-state index is 13.0. The van der Waals surface area contributed by atoms with E-state index < -0.39 is 0 Å². The zero-order valence-corrected chi connectivity index (χ0v) is 18.2. The Bertz CT molecular complexity index is 951. The minimum absolute atomic E-state index is 0. The Morgan fingerprint density at radius 1 is 0.828 bits per heavy atom. The van der Waals surface area contributed by atoms with E-state index in [9.17, 15) is 4.79 Å². The number of hydrogen-bond acceptors (Lipinski definition) is 2. The van der Waals surface area contributed by atoms with E-state index >= 15 is 0 Å². The van der Waals surface area contributed by atoms with Gasteiger partial charge < -0.3 is 4.74 Å². The van der Waals surface area contributed by atoms with E-state index in [1.54, 1.807) is 0 Å². The second kappa shape index (κ2) is 9.77. The van der Waals surface area contributed by atoms with Gasteiger partial charge in [0, 0.05) is 5.56 Å². The van der Waals surface area contributed by atoms with Gasteiger partial charge in [0.25, 0.3) is 0 Å². The van der Waals surface area contributed by atoms with E-state index in [0.717, 1.165) is 33.5 Å². The van der Waals surface area contributed by atoms with Crippen LogP contribution in [0.15, 0.2) is 66.7 Å². The standard InChI is InChI=1S/C25H27O2P.Li.H/c1-17-15-19(25(3,4)5)16-18(2)23(17)24(26)28-22-13-11-21(12-14-22)27-20-9-7-6-8-10-20;;/h6-16,28H,1-5H3;;. The van der Waals surface area contributed by atoms with Crippen molar-refractivity contribution in [1.82, 2.24) is 0 Å². The molecule has 3 aromatic carbocycles. The van der Waals surface area contributed by atoms with Crippen molar-refractivity contribution < 1.29 is 9.53 Å². The molecule has 3 rings (SSSR count). The summed E-state index contributed by atoms with van der Waals surface area (Å²) in [5.41, 5.74) is 4.51. The molecule has 0 radical (unpaired) electrons. The molecule has 0 aliphatic heterocycles. The van der Waals surface area contributed by atoms with Crippen LogP contribution < -0.4 is 10.0 Å². The number of benzene rings is 3. The normalized spacial score (nSPS) is 11.3. The number of rotatable bonds is 5. The Kier molecular flexibility index (Phi) is 7.90. The van der Waals surface area contributed by atoms with Crippen LogP contribution in [0.2, 0.25) is 0 Å². The van der Waals surface area contributed by atoms with Gasteiger partial charge >= 0.3 is 18.9 Å². The first-order chi connectivity index (χ1) is 13.2. The third-order valence-electron chi connectivity index (χ3n) is 4.72. The van der Waals surface area contributed by atoms with Crippen molar-refractivity contribution in [2.75, 3.05) is 0 Å². The number of hydrogen-bond donors (Lipinski definition) is 0. The second-order valence-electron chi connectivity index (χ2n) is 8.13. The predicted octanol–water partition coefficient (Wildman–Crippen LogP) is 5.89. The van der Waals surface area contributed by atoms with Crippen molar-refractivity contribution in [3.05, 3.63) is 89.0 Å². The summed E-state index contributed by atoms with van der Waals surface area (Å²) < 4.78 is 5.82. The molecule has 1 unspecified atom stereocenters. The molecular formula is C25H28LiO2P. The molecule has 0 aliphatic rings. The predicted molar refractivity (Wildman–Crippen MR) is 127 cm³/mol. The average Bonchev–Trinajstić information content (AvgIpc) is 2.63. The number of aryl methyl sites for hydroxylation is 2. The number of carbonyl (C=O) groups excluding carboxylic acids is 1. The summed E-state index contributed by atoms with van der Waals surface area (Å²) in [6.45, 7) is 10.7. The van der Waals surface area contributed by atoms with Gasteiger partial charge in [0.1, 0.15) is 11.5 Å². The van der Waals surface area contributed by atoms with E-state index in [1.807, 2.05) is 68.4 Å². The Balaban J connectivity index is 0.00000300. The van der Waals surface area contributed by atoms with Crippen LogP contribution in [-0.2, 0) is 5.41 Å². The fraction of sp³-hybridized carbons (Fsp3) is 0.240. The average molecular weight is 398 g/mol. The molecule has 3 aromatic rings. The third-order valence-corrected chi connectivity index (χ3v) is 5.82. The van der Waals surface area contributed by atoms with Crippen molar-refractivity contribution in [3.63, 3.8) is 0 Å². The van der Waals surface area contributed by atoms with Gasteiger partial charge in [0.2, 0.25) is 0 Å². The second-order valence-corrected chi connectivity index (χ2v) is 9.41. The van der Waals surface area contributed by atoms with Crippen LogP contribution in [0.4, 0.5) is 0 Å². The van der Waals surface area contributed by atoms with Gasteiger partial charge in [0.05, 0.1) is 0 Å². The molecule has 0 saturated heterocycles. The van der Waals surface area contributed by atoms with E-state index in [1.165, 1.54) is 5.56 Å². The summed E-state index contributed by atoms with van der Waals surface area (Å²) in [5, 5.41) is 1.02. The van der Waals surface area contributed by atoms with Crippen molar-refractivity contribution in [2.24, 2.45) is 0 Å². The zero-order valence-electron chi connectivity index (χ0n) is 17.2. The molecule has 146 valence electrons. The van der Waals surface area contributed by atoms with Gasteiger partial charge in [-0.2, -0.15) is 0 Å². The molecule has 0 aromatic heterocycles. The number of carbonyl (C=O) groups is 1. The minimum atomic E-state index is 0. The Morgan fingerprint density at radius 2 is 1.34 bits per heavy atom. The first kappa shape index (κ1) is 23.4. The van der Waals surface area contributed by atoms with Crippen LogP contribution in [0.5, 0.6) is 11.5 Å². The van der Waals surface area contributed by atoms with Gasteiger partial charge in [-0.1, -0.05) is 63.2 Å². The fourth-order valence-corrected chi connectivity index (χ4v) is 4.29.